The van der Waals surface area contributed by atoms with Gasteiger partial charge in [0.25, 0.3) is 0 Å². The molecule has 0 spiro atoms. The second kappa shape index (κ2) is 12.7. The van der Waals surface area contributed by atoms with Gasteiger partial charge in [0, 0.05) is 63.3 Å². The summed E-state index contributed by atoms with van der Waals surface area (Å²) in [5, 5.41) is 5.54. The highest BCUT2D eigenvalue weighted by atomic mass is 32.1. The topological polar surface area (TPSA) is 77.6 Å². The Kier molecular flexibility index (Phi) is 7.17. The Labute approximate surface area is 333 Å². The molecule has 0 aliphatic rings. The van der Waals surface area contributed by atoms with Crippen molar-refractivity contribution in [3.63, 3.8) is 0 Å². The molecule has 12 aromatic rings. The van der Waals surface area contributed by atoms with Crippen molar-refractivity contribution in [2.24, 2.45) is 0 Å². The van der Waals surface area contributed by atoms with E-state index in [9.17, 15) is 0 Å². The van der Waals surface area contributed by atoms with E-state index in [0.717, 1.165) is 75.8 Å². The van der Waals surface area contributed by atoms with Crippen LogP contribution >= 0.6 is 22.7 Å². The number of nitrogens with zero attached hydrogens (tertiary/aromatic N) is 5. The molecule has 0 fully saturated rings. The first-order valence-electron chi connectivity index (χ1n) is 18.7. The smallest absolute Gasteiger partial charge is 0.165 e. The maximum Gasteiger partial charge on any atom is 0.165 e. The number of hydrogen-bond donors (Lipinski definition) is 0. The summed E-state index contributed by atoms with van der Waals surface area (Å²) in [4.78, 5) is 25.8. The Morgan fingerprint density at radius 2 is 0.965 bits per heavy atom. The van der Waals surface area contributed by atoms with Crippen molar-refractivity contribution < 1.29 is 4.42 Å². The van der Waals surface area contributed by atoms with Gasteiger partial charge in [0.2, 0.25) is 0 Å². The standard InChI is InChI=1S/C49H27N5OS2/c1-3-13-28(14-4-1)41-45-42(35-18-8-10-24-40(35)57-45)51-48(50-41)36-21-11-19-33-31-26-25-30(27-38(31)55-43(33)36)47-52-46(29-15-5-2-6-16-29)53-49(54-47)37-22-12-20-34-32-17-7-9-23-39(32)56-44(34)37/h1-27H. The van der Waals surface area contributed by atoms with Gasteiger partial charge in [-0.2, -0.15) is 0 Å². The monoisotopic (exact) mass is 765 g/mol. The summed E-state index contributed by atoms with van der Waals surface area (Å²) in [5.41, 5.74) is 7.95. The summed E-state index contributed by atoms with van der Waals surface area (Å²) in [5.74, 6) is 2.44. The van der Waals surface area contributed by atoms with Crippen molar-refractivity contribution >= 4 is 85.1 Å². The van der Waals surface area contributed by atoms with Crippen LogP contribution in [-0.4, -0.2) is 24.9 Å². The first-order chi connectivity index (χ1) is 28.2. The third kappa shape index (κ3) is 5.19. The van der Waals surface area contributed by atoms with E-state index in [1.165, 1.54) is 20.2 Å². The van der Waals surface area contributed by atoms with Gasteiger partial charge in [-0.05, 0) is 36.4 Å². The highest BCUT2D eigenvalue weighted by molar-refractivity contribution is 7.26. The van der Waals surface area contributed by atoms with Gasteiger partial charge in [-0.3, -0.25) is 0 Å². The average molecular weight is 766 g/mol. The Bertz CT molecular complexity index is 3540. The molecule has 6 nitrogen and oxygen atoms in total. The zero-order valence-corrected chi connectivity index (χ0v) is 31.7. The molecule has 0 unspecified atom stereocenters. The number of rotatable bonds is 5. The molecule has 0 bridgehead atoms. The summed E-state index contributed by atoms with van der Waals surface area (Å²) in [6, 6.07) is 56.2. The minimum atomic E-state index is 0.574. The van der Waals surface area contributed by atoms with Crippen LogP contribution in [0.2, 0.25) is 0 Å². The number of hydrogen-bond acceptors (Lipinski definition) is 8. The summed E-state index contributed by atoms with van der Waals surface area (Å²) in [6.07, 6.45) is 0. The Morgan fingerprint density at radius 1 is 0.368 bits per heavy atom. The lowest BCUT2D eigenvalue weighted by Crippen LogP contribution is -2.00. The van der Waals surface area contributed by atoms with Gasteiger partial charge in [-0.25, -0.2) is 24.9 Å². The molecular formula is C49H27N5OS2. The van der Waals surface area contributed by atoms with E-state index >= 15 is 0 Å². The SMILES string of the molecule is c1ccc(-c2nc(-c3ccc4c(c3)oc3c(-c5nc(-c6ccccc6)c6sc7ccccc7c6n5)cccc34)nc(-c3cccc4c3sc3ccccc34)n2)cc1. The van der Waals surface area contributed by atoms with Gasteiger partial charge in [-0.15, -0.1) is 22.7 Å². The fourth-order valence-corrected chi connectivity index (χ4v) is 10.2. The van der Waals surface area contributed by atoms with Crippen LogP contribution in [0.4, 0.5) is 0 Å². The van der Waals surface area contributed by atoms with E-state index in [0.29, 0.717) is 23.3 Å². The minimum Gasteiger partial charge on any atom is -0.455 e. The number of fused-ring (bicyclic) bond motifs is 9. The van der Waals surface area contributed by atoms with Gasteiger partial charge in [0.1, 0.15) is 11.2 Å². The van der Waals surface area contributed by atoms with Gasteiger partial charge < -0.3 is 4.42 Å². The van der Waals surface area contributed by atoms with E-state index in [2.05, 4.69) is 121 Å². The molecule has 0 N–H and O–H groups in total. The molecule has 8 heteroatoms. The number of para-hydroxylation sites is 1. The van der Waals surface area contributed by atoms with E-state index < -0.39 is 0 Å². The molecule has 0 radical (unpaired) electrons. The first kappa shape index (κ1) is 32.1. The molecule has 5 heterocycles. The maximum atomic E-state index is 6.80. The quantitative estimate of drug-likeness (QED) is 0.174. The summed E-state index contributed by atoms with van der Waals surface area (Å²) < 4.78 is 11.4. The summed E-state index contributed by atoms with van der Waals surface area (Å²) >= 11 is 3.50. The lowest BCUT2D eigenvalue weighted by atomic mass is 10.1. The van der Waals surface area contributed by atoms with Crippen molar-refractivity contribution in [1.29, 1.82) is 0 Å². The second-order valence-electron chi connectivity index (χ2n) is 14.0. The van der Waals surface area contributed by atoms with Crippen LogP contribution in [0.15, 0.2) is 168 Å². The minimum absolute atomic E-state index is 0.574. The maximum absolute atomic E-state index is 6.80. The largest absolute Gasteiger partial charge is 0.455 e. The van der Waals surface area contributed by atoms with Crippen LogP contribution in [0.3, 0.4) is 0 Å². The molecule has 12 rings (SSSR count). The summed E-state index contributed by atoms with van der Waals surface area (Å²) in [7, 11) is 0. The van der Waals surface area contributed by atoms with E-state index in [4.69, 9.17) is 29.3 Å². The van der Waals surface area contributed by atoms with Crippen molar-refractivity contribution in [3.8, 4) is 56.8 Å². The first-order valence-corrected chi connectivity index (χ1v) is 20.3. The molecule has 0 aliphatic heterocycles. The fourth-order valence-electron chi connectivity index (χ4n) is 7.88. The van der Waals surface area contributed by atoms with Gasteiger partial charge >= 0.3 is 0 Å². The summed E-state index contributed by atoms with van der Waals surface area (Å²) in [6.45, 7) is 0. The number of thiophene rings is 2. The predicted molar refractivity (Wildman–Crippen MR) is 236 cm³/mol. The Morgan fingerprint density at radius 3 is 1.77 bits per heavy atom. The Hall–Kier alpha value is -7.13. The van der Waals surface area contributed by atoms with Crippen LogP contribution in [-0.2, 0) is 0 Å². The fraction of sp³-hybridized carbons (Fsp3) is 0. The molecule has 0 saturated heterocycles. The molecular weight excluding hydrogens is 739 g/mol. The van der Waals surface area contributed by atoms with Crippen molar-refractivity contribution in [2.75, 3.05) is 0 Å². The van der Waals surface area contributed by atoms with Crippen LogP contribution in [0.1, 0.15) is 0 Å². The molecule has 0 aliphatic carbocycles. The molecule has 7 aromatic carbocycles. The zero-order valence-electron chi connectivity index (χ0n) is 30.0. The van der Waals surface area contributed by atoms with E-state index in [1.807, 2.05) is 42.5 Å². The Balaban J connectivity index is 1.04. The van der Waals surface area contributed by atoms with Crippen molar-refractivity contribution in [1.82, 2.24) is 24.9 Å². The number of furan rings is 1. The van der Waals surface area contributed by atoms with Gasteiger partial charge in [0.15, 0.2) is 23.3 Å². The van der Waals surface area contributed by atoms with Crippen LogP contribution in [0.25, 0.3) is 119 Å². The average Bonchev–Trinajstić information content (AvgIpc) is 3.97. The van der Waals surface area contributed by atoms with E-state index in [-0.39, 0.29) is 0 Å². The number of benzene rings is 7. The predicted octanol–water partition coefficient (Wildman–Crippen LogP) is 13.6. The third-order valence-corrected chi connectivity index (χ3v) is 13.0. The molecule has 0 atom stereocenters. The molecule has 0 saturated carbocycles. The van der Waals surface area contributed by atoms with E-state index in [1.54, 1.807) is 22.7 Å². The second-order valence-corrected chi connectivity index (χ2v) is 16.1. The highest BCUT2D eigenvalue weighted by Gasteiger charge is 2.21. The molecule has 266 valence electrons. The van der Waals surface area contributed by atoms with Crippen molar-refractivity contribution in [3.05, 3.63) is 164 Å². The van der Waals surface area contributed by atoms with Crippen LogP contribution in [0.5, 0.6) is 0 Å². The lowest BCUT2D eigenvalue weighted by Gasteiger charge is -2.09. The van der Waals surface area contributed by atoms with Crippen molar-refractivity contribution in [2.45, 2.75) is 0 Å². The van der Waals surface area contributed by atoms with Gasteiger partial charge in [-0.1, -0.05) is 127 Å². The normalized spacial score (nSPS) is 11.9. The zero-order chi connectivity index (χ0) is 37.5. The van der Waals surface area contributed by atoms with Gasteiger partial charge in [0.05, 0.1) is 21.5 Å². The van der Waals surface area contributed by atoms with Crippen LogP contribution < -0.4 is 0 Å². The van der Waals surface area contributed by atoms with Crippen LogP contribution in [0, 0.1) is 0 Å². The molecule has 0 amide bonds. The third-order valence-electron chi connectivity index (χ3n) is 10.6. The highest BCUT2D eigenvalue weighted by Crippen LogP contribution is 2.43. The molecule has 57 heavy (non-hydrogen) atoms. The number of aromatic nitrogens is 5. The lowest BCUT2D eigenvalue weighted by molar-refractivity contribution is 0.669. The molecule has 5 aromatic heterocycles.